The van der Waals surface area contributed by atoms with E-state index in [0.29, 0.717) is 24.5 Å². The summed E-state index contributed by atoms with van der Waals surface area (Å²) >= 11 is 5.80. The Balaban J connectivity index is 1.66. The van der Waals surface area contributed by atoms with Gasteiger partial charge in [0.15, 0.2) is 0 Å². The minimum atomic E-state index is -0.572. The molecule has 2 amide bonds. The molecule has 0 radical (unpaired) electrons. The number of amides is 2. The van der Waals surface area contributed by atoms with Crippen LogP contribution < -0.4 is 10.6 Å². The van der Waals surface area contributed by atoms with E-state index < -0.39 is 6.10 Å². The van der Waals surface area contributed by atoms with E-state index >= 15 is 0 Å². The minimum Gasteiger partial charge on any atom is -0.388 e. The number of rotatable bonds is 6. The van der Waals surface area contributed by atoms with Crippen molar-refractivity contribution < 1.29 is 9.90 Å². The Labute approximate surface area is 135 Å². The monoisotopic (exact) mass is 318 g/mol. The molecule has 3 N–H and O–H groups in total. The van der Waals surface area contributed by atoms with Gasteiger partial charge in [0.1, 0.15) is 0 Å². The second kappa shape index (κ2) is 8.41. The van der Waals surface area contributed by atoms with E-state index in [4.69, 9.17) is 11.6 Å². The number of aliphatic hydroxyl groups excluding tert-OH is 1. The number of carbonyl (C=O) groups is 1. The maximum atomic E-state index is 11.7. The zero-order valence-corrected chi connectivity index (χ0v) is 12.9. The molecule has 2 rings (SSSR count). The second-order valence-corrected chi connectivity index (χ2v) is 5.39. The van der Waals surface area contributed by atoms with Crippen molar-refractivity contribution in [1.82, 2.24) is 10.6 Å². The van der Waals surface area contributed by atoms with E-state index in [0.717, 1.165) is 11.1 Å². The molecular formula is C17H19ClN2O2. The van der Waals surface area contributed by atoms with E-state index in [2.05, 4.69) is 10.6 Å². The van der Waals surface area contributed by atoms with E-state index in [1.807, 2.05) is 42.5 Å². The number of hydrogen-bond donors (Lipinski definition) is 3. The number of nitrogens with one attached hydrogen (secondary N) is 2. The van der Waals surface area contributed by atoms with Gasteiger partial charge in [-0.05, 0) is 29.7 Å². The van der Waals surface area contributed by atoms with Crippen LogP contribution in [0.15, 0.2) is 54.6 Å². The Kier molecular flexibility index (Phi) is 6.25. The Hall–Kier alpha value is -2.04. The van der Waals surface area contributed by atoms with Crippen molar-refractivity contribution in [2.24, 2.45) is 0 Å². The molecule has 5 heteroatoms. The predicted molar refractivity (Wildman–Crippen MR) is 87.7 cm³/mol. The summed E-state index contributed by atoms with van der Waals surface area (Å²) in [5.74, 6) is 0. The molecule has 0 fully saturated rings. The van der Waals surface area contributed by atoms with Gasteiger partial charge in [-0.15, -0.1) is 0 Å². The first kappa shape index (κ1) is 16.3. The van der Waals surface area contributed by atoms with Gasteiger partial charge in [0.25, 0.3) is 0 Å². The lowest BCUT2D eigenvalue weighted by atomic mass is 10.1. The highest BCUT2D eigenvalue weighted by Gasteiger charge is 2.07. The smallest absolute Gasteiger partial charge is 0.315 e. The molecule has 0 aromatic heterocycles. The van der Waals surface area contributed by atoms with E-state index in [-0.39, 0.29) is 6.03 Å². The molecule has 0 aliphatic heterocycles. The Morgan fingerprint density at radius 2 is 1.73 bits per heavy atom. The van der Waals surface area contributed by atoms with Gasteiger partial charge in [-0.1, -0.05) is 54.1 Å². The molecule has 4 nitrogen and oxygen atoms in total. The SMILES string of the molecule is O=C(NCCC(O)c1ccccc1)NCc1ccc(Cl)cc1. The molecule has 1 atom stereocenters. The van der Waals surface area contributed by atoms with Crippen molar-refractivity contribution in [1.29, 1.82) is 0 Å². The van der Waals surface area contributed by atoms with Gasteiger partial charge in [0.05, 0.1) is 6.10 Å². The third-order valence-corrected chi connectivity index (χ3v) is 3.51. The Morgan fingerprint density at radius 3 is 2.41 bits per heavy atom. The van der Waals surface area contributed by atoms with Crippen LogP contribution in [-0.2, 0) is 6.54 Å². The third-order valence-electron chi connectivity index (χ3n) is 3.25. The summed E-state index contributed by atoms with van der Waals surface area (Å²) in [6, 6.07) is 16.4. The first-order valence-corrected chi connectivity index (χ1v) is 7.52. The lowest BCUT2D eigenvalue weighted by Crippen LogP contribution is -2.36. The van der Waals surface area contributed by atoms with Gasteiger partial charge in [-0.25, -0.2) is 4.79 Å². The molecule has 0 saturated carbocycles. The summed E-state index contributed by atoms with van der Waals surface area (Å²) in [7, 11) is 0. The highest BCUT2D eigenvalue weighted by atomic mass is 35.5. The van der Waals surface area contributed by atoms with E-state index in [9.17, 15) is 9.90 Å². The van der Waals surface area contributed by atoms with Crippen LogP contribution in [0.25, 0.3) is 0 Å². The van der Waals surface area contributed by atoms with Gasteiger partial charge < -0.3 is 15.7 Å². The molecule has 22 heavy (non-hydrogen) atoms. The van der Waals surface area contributed by atoms with Gasteiger partial charge >= 0.3 is 6.03 Å². The number of benzene rings is 2. The van der Waals surface area contributed by atoms with Crippen molar-refractivity contribution in [3.05, 3.63) is 70.7 Å². The van der Waals surface area contributed by atoms with Crippen LogP contribution in [0.4, 0.5) is 4.79 Å². The summed E-state index contributed by atoms with van der Waals surface area (Å²) in [6.45, 7) is 0.840. The predicted octanol–water partition coefficient (Wildman–Crippen LogP) is 3.26. The lowest BCUT2D eigenvalue weighted by Gasteiger charge is -2.12. The average molecular weight is 319 g/mol. The topological polar surface area (TPSA) is 61.4 Å². The van der Waals surface area contributed by atoms with Crippen LogP contribution in [0.1, 0.15) is 23.7 Å². The number of aliphatic hydroxyl groups is 1. The van der Waals surface area contributed by atoms with Crippen molar-refractivity contribution >= 4 is 17.6 Å². The Bertz CT molecular complexity index is 587. The van der Waals surface area contributed by atoms with Crippen LogP contribution in [0, 0.1) is 0 Å². The normalized spacial score (nSPS) is 11.7. The average Bonchev–Trinajstić information content (AvgIpc) is 2.55. The van der Waals surface area contributed by atoms with Crippen LogP contribution in [-0.4, -0.2) is 17.7 Å². The molecule has 0 bridgehead atoms. The lowest BCUT2D eigenvalue weighted by molar-refractivity contribution is 0.167. The fraction of sp³-hybridized carbons (Fsp3) is 0.235. The molecule has 2 aromatic carbocycles. The molecule has 1 unspecified atom stereocenters. The van der Waals surface area contributed by atoms with Crippen molar-refractivity contribution in [3.63, 3.8) is 0 Å². The Morgan fingerprint density at radius 1 is 1.05 bits per heavy atom. The molecule has 0 heterocycles. The first-order chi connectivity index (χ1) is 10.6. The molecule has 0 aliphatic rings. The van der Waals surface area contributed by atoms with Crippen molar-refractivity contribution in [2.45, 2.75) is 19.1 Å². The van der Waals surface area contributed by atoms with Gasteiger partial charge in [-0.2, -0.15) is 0 Å². The standard InChI is InChI=1S/C17H19ClN2O2/c18-15-8-6-13(7-9-15)12-20-17(22)19-11-10-16(21)14-4-2-1-3-5-14/h1-9,16,21H,10-12H2,(H2,19,20,22). The largest absolute Gasteiger partial charge is 0.388 e. The van der Waals surface area contributed by atoms with Crippen LogP contribution in [0.3, 0.4) is 0 Å². The summed E-state index contributed by atoms with van der Waals surface area (Å²) in [5, 5.41) is 16.1. The highest BCUT2D eigenvalue weighted by molar-refractivity contribution is 6.30. The minimum absolute atomic E-state index is 0.254. The maximum Gasteiger partial charge on any atom is 0.315 e. The van der Waals surface area contributed by atoms with Crippen molar-refractivity contribution in [2.75, 3.05) is 6.54 Å². The van der Waals surface area contributed by atoms with Crippen molar-refractivity contribution in [3.8, 4) is 0 Å². The molecule has 2 aromatic rings. The summed E-state index contributed by atoms with van der Waals surface area (Å²) < 4.78 is 0. The van der Waals surface area contributed by atoms with Crippen LogP contribution >= 0.6 is 11.6 Å². The molecule has 116 valence electrons. The second-order valence-electron chi connectivity index (χ2n) is 4.95. The number of carbonyl (C=O) groups excluding carboxylic acids is 1. The quantitative estimate of drug-likeness (QED) is 0.765. The van der Waals surface area contributed by atoms with Crippen LogP contribution in [0.2, 0.25) is 5.02 Å². The number of hydrogen-bond acceptors (Lipinski definition) is 2. The fourth-order valence-electron chi connectivity index (χ4n) is 2.01. The molecule has 0 saturated heterocycles. The van der Waals surface area contributed by atoms with Crippen LogP contribution in [0.5, 0.6) is 0 Å². The fourth-order valence-corrected chi connectivity index (χ4v) is 2.14. The molecule has 0 aliphatic carbocycles. The maximum absolute atomic E-state index is 11.7. The number of urea groups is 1. The van der Waals surface area contributed by atoms with Gasteiger partial charge in [-0.3, -0.25) is 0 Å². The van der Waals surface area contributed by atoms with E-state index in [1.165, 1.54) is 0 Å². The molecular weight excluding hydrogens is 300 g/mol. The first-order valence-electron chi connectivity index (χ1n) is 7.14. The number of halogens is 1. The zero-order chi connectivity index (χ0) is 15.8. The summed E-state index contributed by atoms with van der Waals surface area (Å²) in [5.41, 5.74) is 1.83. The summed E-state index contributed by atoms with van der Waals surface area (Å²) in [6.07, 6.45) is -0.101. The van der Waals surface area contributed by atoms with Gasteiger partial charge in [0, 0.05) is 18.1 Å². The third kappa shape index (κ3) is 5.39. The summed E-state index contributed by atoms with van der Waals surface area (Å²) in [4.78, 5) is 11.7. The zero-order valence-electron chi connectivity index (χ0n) is 12.1. The molecule has 0 spiro atoms. The van der Waals surface area contributed by atoms with E-state index in [1.54, 1.807) is 12.1 Å². The van der Waals surface area contributed by atoms with Gasteiger partial charge in [0.2, 0.25) is 0 Å². The highest BCUT2D eigenvalue weighted by Crippen LogP contribution is 2.14.